The number of fused-ring (bicyclic) bond motifs is 1. The van der Waals surface area contributed by atoms with Gasteiger partial charge in [-0.3, -0.25) is 23.9 Å². The van der Waals surface area contributed by atoms with Crippen LogP contribution in [0.2, 0.25) is 0 Å². The molecule has 4 amide bonds. The zero-order valence-corrected chi connectivity index (χ0v) is 30.6. The molecule has 2 saturated carbocycles. The van der Waals surface area contributed by atoms with Crippen molar-refractivity contribution >= 4 is 50.1 Å². The summed E-state index contributed by atoms with van der Waals surface area (Å²) in [6, 6.07) is 15.1. The number of aromatic nitrogens is 1. The van der Waals surface area contributed by atoms with Crippen molar-refractivity contribution in [3.8, 4) is 11.6 Å². The Balaban J connectivity index is 1.28. The van der Waals surface area contributed by atoms with Gasteiger partial charge < -0.3 is 25.0 Å². The highest BCUT2D eigenvalue weighted by molar-refractivity contribution is 7.91. The Kier molecular flexibility index (Phi) is 10.1. The van der Waals surface area contributed by atoms with Gasteiger partial charge in [0.1, 0.15) is 23.4 Å². The molecule has 3 aliphatic rings. The van der Waals surface area contributed by atoms with E-state index in [0.717, 1.165) is 5.39 Å². The van der Waals surface area contributed by atoms with Crippen molar-refractivity contribution in [2.45, 2.75) is 75.8 Å². The van der Waals surface area contributed by atoms with Crippen molar-refractivity contribution in [2.24, 2.45) is 17.3 Å². The summed E-state index contributed by atoms with van der Waals surface area (Å²) in [5.41, 5.74) is -1.64. The van der Waals surface area contributed by atoms with Gasteiger partial charge in [0.05, 0.1) is 24.8 Å². The summed E-state index contributed by atoms with van der Waals surface area (Å²) in [6.45, 7) is 9.35. The minimum Gasteiger partial charge on any atom is -0.497 e. The number of nitrogens with zero attached hydrogens (tertiary/aromatic N) is 2. The van der Waals surface area contributed by atoms with Crippen LogP contribution in [-0.2, 0) is 29.2 Å². The van der Waals surface area contributed by atoms with E-state index in [-0.39, 0.29) is 31.7 Å². The van der Waals surface area contributed by atoms with Gasteiger partial charge in [0.15, 0.2) is 0 Å². The van der Waals surface area contributed by atoms with E-state index < -0.39 is 67.9 Å². The van der Waals surface area contributed by atoms with Crippen LogP contribution in [0.4, 0.5) is 5.69 Å². The summed E-state index contributed by atoms with van der Waals surface area (Å²) in [5, 5.41) is 6.55. The van der Waals surface area contributed by atoms with E-state index in [9.17, 15) is 27.6 Å². The molecule has 52 heavy (non-hydrogen) atoms. The van der Waals surface area contributed by atoms with Gasteiger partial charge in [0.25, 0.3) is 5.91 Å². The third-order valence-electron chi connectivity index (χ3n) is 10.1. The van der Waals surface area contributed by atoms with Crippen LogP contribution >= 0.6 is 0 Å². The summed E-state index contributed by atoms with van der Waals surface area (Å²) >= 11 is 0. The predicted octanol–water partition coefficient (Wildman–Crippen LogP) is 3.95. The number of nitrogens with one attached hydrogen (secondary N) is 3. The summed E-state index contributed by atoms with van der Waals surface area (Å²) in [6.07, 6.45) is 3.40. The van der Waals surface area contributed by atoms with Crippen molar-refractivity contribution < 1.29 is 37.1 Å². The van der Waals surface area contributed by atoms with Crippen LogP contribution in [0.15, 0.2) is 73.4 Å². The van der Waals surface area contributed by atoms with Crippen molar-refractivity contribution in [3.05, 3.63) is 73.4 Å². The molecule has 2 heterocycles. The van der Waals surface area contributed by atoms with E-state index in [4.69, 9.17) is 9.47 Å². The van der Waals surface area contributed by atoms with Gasteiger partial charge in [0.2, 0.25) is 33.6 Å². The molecule has 14 heteroatoms. The Morgan fingerprint density at radius 3 is 2.46 bits per heavy atom. The smallest absolute Gasteiger partial charge is 0.259 e. The molecule has 3 aromatic rings. The molecule has 13 nitrogen and oxygen atoms in total. The van der Waals surface area contributed by atoms with Gasteiger partial charge in [-0.2, -0.15) is 0 Å². The molecule has 2 aromatic carbocycles. The number of carbonyl (C=O) groups is 4. The highest BCUT2D eigenvalue weighted by Gasteiger charge is 2.62. The molecule has 1 aromatic heterocycles. The zero-order valence-electron chi connectivity index (χ0n) is 29.8. The molecular formula is C38H45N5O8S. The van der Waals surface area contributed by atoms with Gasteiger partial charge in [0, 0.05) is 36.0 Å². The highest BCUT2D eigenvalue weighted by atomic mass is 32.2. The lowest BCUT2D eigenvalue weighted by Gasteiger charge is -2.35. The fourth-order valence-corrected chi connectivity index (χ4v) is 8.15. The Labute approximate surface area is 303 Å². The molecule has 276 valence electrons. The summed E-state index contributed by atoms with van der Waals surface area (Å²) in [5.74, 6) is -2.64. The Bertz CT molecular complexity index is 1990. The van der Waals surface area contributed by atoms with Crippen molar-refractivity contribution in [3.63, 3.8) is 0 Å². The quantitative estimate of drug-likeness (QED) is 0.220. The molecule has 0 bridgehead atoms. The van der Waals surface area contributed by atoms with E-state index in [0.29, 0.717) is 35.5 Å². The van der Waals surface area contributed by atoms with Gasteiger partial charge in [-0.1, -0.05) is 45.0 Å². The third-order valence-corrected chi connectivity index (χ3v) is 11.9. The number of amides is 4. The second-order valence-corrected chi connectivity index (χ2v) is 16.9. The maximum absolute atomic E-state index is 14.6. The van der Waals surface area contributed by atoms with E-state index in [1.165, 1.54) is 11.0 Å². The van der Waals surface area contributed by atoms with Gasteiger partial charge >= 0.3 is 0 Å². The first kappa shape index (κ1) is 36.8. The van der Waals surface area contributed by atoms with E-state index >= 15 is 0 Å². The number of ether oxygens (including phenoxy) is 2. The average Bonchev–Trinajstić information content (AvgIpc) is 4.03. The van der Waals surface area contributed by atoms with Gasteiger partial charge in [-0.15, -0.1) is 6.58 Å². The number of anilines is 1. The Morgan fingerprint density at radius 2 is 1.83 bits per heavy atom. The summed E-state index contributed by atoms with van der Waals surface area (Å²) < 4.78 is 39.3. The zero-order chi connectivity index (χ0) is 37.4. The number of likely N-dealkylation sites (tertiary alicyclic amines) is 1. The first-order chi connectivity index (χ1) is 24.6. The number of rotatable bonds is 13. The van der Waals surface area contributed by atoms with Crippen molar-refractivity contribution in [1.82, 2.24) is 19.9 Å². The summed E-state index contributed by atoms with van der Waals surface area (Å²) in [4.78, 5) is 61.5. The number of sulfonamides is 1. The largest absolute Gasteiger partial charge is 0.497 e. The van der Waals surface area contributed by atoms with Crippen LogP contribution in [0, 0.1) is 17.3 Å². The maximum atomic E-state index is 14.6. The first-order valence-corrected chi connectivity index (χ1v) is 18.9. The Hall–Kier alpha value is -4.98. The number of para-hydroxylation sites is 1. The molecule has 3 fully saturated rings. The van der Waals surface area contributed by atoms with Crippen LogP contribution in [0.5, 0.6) is 11.6 Å². The number of pyridine rings is 1. The third kappa shape index (κ3) is 7.76. The molecule has 1 unspecified atom stereocenters. The second-order valence-electron chi connectivity index (χ2n) is 14.9. The molecule has 0 radical (unpaired) electrons. The number of methoxy groups -OCH3 is 1. The highest BCUT2D eigenvalue weighted by Crippen LogP contribution is 2.46. The monoisotopic (exact) mass is 731 g/mol. The van der Waals surface area contributed by atoms with Crippen LogP contribution in [0.1, 0.15) is 52.9 Å². The SMILES string of the molecule is C=C[C@@H]1C[C@]1(NC(=O)[C@@H]1C[C@@H](Oc2nccc3cc(OC)ccc23)CN1C(=O)C(CC(=O)Nc1ccccc1)C(C)(C)C)C(=O)NS(=O)(=O)C1CC1. The van der Waals surface area contributed by atoms with Gasteiger partial charge in [-0.05, 0) is 66.5 Å². The maximum Gasteiger partial charge on any atom is 0.259 e. The normalized spacial score (nSPS) is 23.3. The van der Waals surface area contributed by atoms with Gasteiger partial charge in [-0.25, -0.2) is 13.4 Å². The van der Waals surface area contributed by atoms with E-state index in [1.54, 1.807) is 43.6 Å². The van der Waals surface area contributed by atoms with Crippen LogP contribution in [0.3, 0.4) is 0 Å². The lowest BCUT2D eigenvalue weighted by Crippen LogP contribution is -2.57. The average molecular weight is 732 g/mol. The standard InChI is InChI=1S/C38H45N5O8S/c1-6-24-21-38(24,36(47)42-52(48,49)28-13-14-28)41-33(45)31-19-27(51-34-29-15-12-26(50-5)18-23(29)16-17-39-34)22-43(31)35(46)30(37(2,3)4)20-32(44)40-25-10-8-7-9-11-25/h6-12,15-18,24,27-28,30-31H,1,13-14,19-22H2,2-5H3,(H,40,44)(H,41,45)(H,42,47)/t24-,27-,30?,31+,38-/m1/s1. The van der Waals surface area contributed by atoms with Crippen LogP contribution in [0.25, 0.3) is 10.8 Å². The molecular weight excluding hydrogens is 687 g/mol. The van der Waals surface area contributed by atoms with E-state index in [1.807, 2.05) is 45.0 Å². The molecule has 5 atom stereocenters. The predicted molar refractivity (Wildman–Crippen MR) is 195 cm³/mol. The lowest BCUT2D eigenvalue weighted by molar-refractivity contribution is -0.146. The minimum absolute atomic E-state index is 0.00182. The number of hydrogen-bond acceptors (Lipinski definition) is 9. The summed E-state index contributed by atoms with van der Waals surface area (Å²) in [7, 11) is -2.32. The molecule has 1 aliphatic heterocycles. The fraction of sp³-hybridized carbons (Fsp3) is 0.447. The number of hydrogen-bond donors (Lipinski definition) is 3. The van der Waals surface area contributed by atoms with Crippen molar-refractivity contribution in [1.29, 1.82) is 0 Å². The van der Waals surface area contributed by atoms with E-state index in [2.05, 4.69) is 26.9 Å². The topological polar surface area (TPSA) is 173 Å². The molecule has 2 aliphatic carbocycles. The van der Waals surface area contributed by atoms with Crippen molar-refractivity contribution in [2.75, 3.05) is 19.0 Å². The molecule has 3 N–H and O–H groups in total. The lowest BCUT2D eigenvalue weighted by atomic mass is 9.77. The minimum atomic E-state index is -3.89. The van der Waals surface area contributed by atoms with Crippen LogP contribution in [-0.4, -0.2) is 78.5 Å². The first-order valence-electron chi connectivity index (χ1n) is 17.4. The fourth-order valence-electron chi connectivity index (χ4n) is 6.78. The number of carbonyl (C=O) groups excluding carboxylic acids is 4. The molecule has 1 saturated heterocycles. The molecule has 6 rings (SSSR count). The Morgan fingerprint density at radius 1 is 1.10 bits per heavy atom. The van der Waals surface area contributed by atoms with Crippen LogP contribution < -0.4 is 24.8 Å². The number of benzene rings is 2. The second kappa shape index (κ2) is 14.2. The molecule has 0 spiro atoms.